The van der Waals surface area contributed by atoms with E-state index in [-0.39, 0.29) is 13.1 Å². The van der Waals surface area contributed by atoms with E-state index in [0.29, 0.717) is 12.1 Å². The van der Waals surface area contributed by atoms with E-state index in [4.69, 9.17) is 0 Å². The van der Waals surface area contributed by atoms with Crippen molar-refractivity contribution in [1.29, 1.82) is 0 Å². The number of alkyl halides is 3. The average Bonchev–Trinajstić information content (AvgIpc) is 2.38. The van der Waals surface area contributed by atoms with Crippen molar-refractivity contribution in [2.45, 2.75) is 20.0 Å². The van der Waals surface area contributed by atoms with E-state index >= 15 is 0 Å². The Kier molecular flexibility index (Phi) is 4.71. The van der Waals surface area contributed by atoms with E-state index in [1.54, 1.807) is 0 Å². The molecule has 0 atom stereocenters. The van der Waals surface area contributed by atoms with Crippen molar-refractivity contribution in [3.8, 4) is 0 Å². The minimum atomic E-state index is -4.94. The normalized spacial score (nSPS) is 11.3. The van der Waals surface area contributed by atoms with Crippen molar-refractivity contribution in [3.63, 3.8) is 0 Å². The second-order valence-corrected chi connectivity index (χ2v) is 4.05. The van der Waals surface area contributed by atoms with Gasteiger partial charge in [-0.2, -0.15) is 13.2 Å². The van der Waals surface area contributed by atoms with Crippen molar-refractivity contribution in [2.24, 2.45) is 0 Å². The highest BCUT2D eigenvalue weighted by Gasteiger charge is 2.40. The number of rotatable bonds is 5. The van der Waals surface area contributed by atoms with Crippen LogP contribution in [0.2, 0.25) is 0 Å². The van der Waals surface area contributed by atoms with Gasteiger partial charge in [0.25, 0.3) is 11.4 Å². The molecule has 0 heterocycles. The average molecular weight is 307 g/mol. The molecule has 0 fully saturated rings. The van der Waals surface area contributed by atoms with Crippen LogP contribution in [0.1, 0.15) is 19.4 Å². The molecule has 1 aromatic carbocycles. The largest absolute Gasteiger partial charge is 0.418 e. The van der Waals surface area contributed by atoms with Crippen LogP contribution in [-0.4, -0.2) is 22.9 Å². The lowest BCUT2D eigenvalue weighted by molar-refractivity contribution is -0.394. The molecule has 0 unspecified atom stereocenters. The first-order valence-corrected chi connectivity index (χ1v) is 5.92. The van der Waals surface area contributed by atoms with Crippen LogP contribution in [0.5, 0.6) is 0 Å². The zero-order chi connectivity index (χ0) is 16.4. The predicted octanol–water partition coefficient (Wildman–Crippen LogP) is 3.37. The Morgan fingerprint density at radius 2 is 1.62 bits per heavy atom. The molecule has 0 aliphatic heterocycles. The minimum Gasteiger partial charge on any atom is -0.366 e. The summed E-state index contributed by atoms with van der Waals surface area (Å²) in [7, 11) is 0. The van der Waals surface area contributed by atoms with Gasteiger partial charge in [-0.05, 0) is 13.8 Å². The van der Waals surface area contributed by atoms with Crippen molar-refractivity contribution in [1.82, 2.24) is 0 Å². The van der Waals surface area contributed by atoms with Gasteiger partial charge in [-0.3, -0.25) is 20.2 Å². The molecule has 0 aromatic heterocycles. The Morgan fingerprint density at radius 3 is 1.95 bits per heavy atom. The van der Waals surface area contributed by atoms with Crippen LogP contribution in [0.25, 0.3) is 0 Å². The third-order valence-electron chi connectivity index (χ3n) is 2.87. The Morgan fingerprint density at radius 1 is 1.10 bits per heavy atom. The third kappa shape index (κ3) is 3.38. The number of nitro groups is 2. The number of nitro benzene ring substituents is 2. The molecule has 0 aliphatic rings. The summed E-state index contributed by atoms with van der Waals surface area (Å²) in [5.41, 5.74) is -3.93. The summed E-state index contributed by atoms with van der Waals surface area (Å²) in [4.78, 5) is 20.7. The molecular formula is C11H12F3N3O4. The van der Waals surface area contributed by atoms with Gasteiger partial charge >= 0.3 is 6.18 Å². The van der Waals surface area contributed by atoms with E-state index in [1.807, 2.05) is 0 Å². The quantitative estimate of drug-likeness (QED) is 0.614. The van der Waals surface area contributed by atoms with Crippen LogP contribution in [0, 0.1) is 20.2 Å². The summed E-state index contributed by atoms with van der Waals surface area (Å²) in [5, 5.41) is 21.7. The smallest absolute Gasteiger partial charge is 0.366 e. The van der Waals surface area contributed by atoms with Crippen molar-refractivity contribution >= 4 is 17.1 Å². The molecule has 0 bridgehead atoms. The maximum absolute atomic E-state index is 13.1. The molecule has 1 aromatic rings. The highest BCUT2D eigenvalue weighted by molar-refractivity contribution is 5.72. The summed E-state index contributed by atoms with van der Waals surface area (Å²) in [5.74, 6) is 0. The summed E-state index contributed by atoms with van der Waals surface area (Å²) in [6.45, 7) is 3.26. The van der Waals surface area contributed by atoms with Crippen LogP contribution < -0.4 is 4.90 Å². The highest BCUT2D eigenvalue weighted by atomic mass is 19.4. The number of nitrogens with zero attached hydrogens (tertiary/aromatic N) is 3. The van der Waals surface area contributed by atoms with Crippen LogP contribution in [0.3, 0.4) is 0 Å². The standard InChI is InChI=1S/C11H12F3N3O4/c1-3-15(4-2)10-8(11(12,13)14)5-7(16(18)19)6-9(10)17(20)21/h5-6H,3-4H2,1-2H3. The van der Waals surface area contributed by atoms with Crippen LogP contribution in [-0.2, 0) is 6.18 Å². The van der Waals surface area contributed by atoms with Crippen molar-refractivity contribution in [2.75, 3.05) is 18.0 Å². The van der Waals surface area contributed by atoms with E-state index in [1.165, 1.54) is 13.8 Å². The molecular weight excluding hydrogens is 295 g/mol. The maximum Gasteiger partial charge on any atom is 0.418 e. The Labute approximate surface area is 117 Å². The number of halogens is 3. The van der Waals surface area contributed by atoms with Crippen LogP contribution in [0.15, 0.2) is 12.1 Å². The molecule has 0 saturated carbocycles. The van der Waals surface area contributed by atoms with Gasteiger partial charge in [0.15, 0.2) is 0 Å². The lowest BCUT2D eigenvalue weighted by Gasteiger charge is -2.24. The van der Waals surface area contributed by atoms with Crippen molar-refractivity contribution in [3.05, 3.63) is 37.9 Å². The molecule has 7 nitrogen and oxygen atoms in total. The van der Waals surface area contributed by atoms with Gasteiger partial charge in [-0.15, -0.1) is 0 Å². The fraction of sp³-hybridized carbons (Fsp3) is 0.455. The van der Waals surface area contributed by atoms with Crippen LogP contribution >= 0.6 is 0 Å². The van der Waals surface area contributed by atoms with Gasteiger partial charge in [0.05, 0.1) is 21.5 Å². The second-order valence-electron chi connectivity index (χ2n) is 4.05. The monoisotopic (exact) mass is 307 g/mol. The first kappa shape index (κ1) is 16.7. The number of hydrogen-bond donors (Lipinski definition) is 0. The number of anilines is 1. The number of benzene rings is 1. The Bertz CT molecular complexity index is 571. The first-order chi connectivity index (χ1) is 9.63. The second kappa shape index (κ2) is 5.94. The fourth-order valence-electron chi connectivity index (χ4n) is 1.94. The van der Waals surface area contributed by atoms with Gasteiger partial charge in [-0.25, -0.2) is 0 Å². The summed E-state index contributed by atoms with van der Waals surface area (Å²) < 4.78 is 39.3. The topological polar surface area (TPSA) is 89.5 Å². The Hall–Kier alpha value is -2.39. The van der Waals surface area contributed by atoms with Crippen molar-refractivity contribution < 1.29 is 23.0 Å². The third-order valence-corrected chi connectivity index (χ3v) is 2.87. The molecule has 0 radical (unpaired) electrons. The van der Waals surface area contributed by atoms with E-state index < -0.39 is 38.6 Å². The molecule has 0 N–H and O–H groups in total. The van der Waals surface area contributed by atoms with Gasteiger partial charge in [0.2, 0.25) is 0 Å². The number of hydrogen-bond acceptors (Lipinski definition) is 5. The summed E-state index contributed by atoms with van der Waals surface area (Å²) in [6.07, 6.45) is -4.94. The van der Waals surface area contributed by atoms with E-state index in [0.717, 1.165) is 4.90 Å². The maximum atomic E-state index is 13.1. The van der Waals surface area contributed by atoms with Gasteiger partial charge in [-0.1, -0.05) is 0 Å². The molecule has 116 valence electrons. The molecule has 0 aliphatic carbocycles. The summed E-state index contributed by atoms with van der Waals surface area (Å²) >= 11 is 0. The van der Waals surface area contributed by atoms with E-state index in [9.17, 15) is 33.4 Å². The van der Waals surface area contributed by atoms with Gasteiger partial charge in [0.1, 0.15) is 5.69 Å². The molecule has 0 spiro atoms. The molecule has 1 rings (SSSR count). The molecule has 10 heteroatoms. The molecule has 0 saturated heterocycles. The fourth-order valence-corrected chi connectivity index (χ4v) is 1.94. The molecule has 21 heavy (non-hydrogen) atoms. The van der Waals surface area contributed by atoms with Gasteiger partial charge in [0, 0.05) is 19.2 Å². The predicted molar refractivity (Wildman–Crippen MR) is 68.3 cm³/mol. The summed E-state index contributed by atoms with van der Waals surface area (Å²) in [6, 6.07) is 0.865. The highest BCUT2D eigenvalue weighted by Crippen LogP contribution is 2.44. The lowest BCUT2D eigenvalue weighted by Crippen LogP contribution is -2.26. The van der Waals surface area contributed by atoms with Crippen LogP contribution in [0.4, 0.5) is 30.2 Å². The minimum absolute atomic E-state index is 0.0955. The zero-order valence-corrected chi connectivity index (χ0v) is 11.2. The SMILES string of the molecule is CCN(CC)c1c([N+](=O)[O-])cc([N+](=O)[O-])cc1C(F)(F)F. The first-order valence-electron chi connectivity index (χ1n) is 5.92. The lowest BCUT2D eigenvalue weighted by atomic mass is 10.1. The zero-order valence-electron chi connectivity index (χ0n) is 11.2. The number of non-ortho nitro benzene ring substituents is 1. The van der Waals surface area contributed by atoms with E-state index in [2.05, 4.69) is 0 Å². The van der Waals surface area contributed by atoms with Gasteiger partial charge < -0.3 is 4.90 Å². The molecule has 0 amide bonds. The Balaban J connectivity index is 3.79.